The molecule has 0 atom stereocenters. The van der Waals surface area contributed by atoms with Gasteiger partial charge in [-0.3, -0.25) is 15.5 Å². The number of non-ortho nitro benzene ring substituents is 1. The van der Waals surface area contributed by atoms with Crippen LogP contribution < -0.4 is 15.2 Å². The fraction of sp³-hybridized carbons (Fsp3) is 0.133. The number of amidine groups is 1. The SMILES string of the molecule is COc1cccc(C(=N)N)c1OCc1ccc([N+](=O)[O-])cc1. The van der Waals surface area contributed by atoms with Crippen LogP contribution in [0, 0.1) is 15.5 Å². The molecule has 2 rings (SSSR count). The number of methoxy groups -OCH3 is 1. The van der Waals surface area contributed by atoms with Crippen LogP contribution in [0.1, 0.15) is 11.1 Å². The van der Waals surface area contributed by atoms with Crippen molar-refractivity contribution in [3.05, 3.63) is 63.7 Å². The van der Waals surface area contributed by atoms with Crippen molar-refractivity contribution in [2.24, 2.45) is 5.73 Å². The number of para-hydroxylation sites is 1. The number of ether oxygens (including phenoxy) is 2. The number of hydrogen-bond acceptors (Lipinski definition) is 5. The largest absolute Gasteiger partial charge is 0.493 e. The van der Waals surface area contributed by atoms with Gasteiger partial charge in [0.05, 0.1) is 17.6 Å². The Morgan fingerprint density at radius 2 is 1.95 bits per heavy atom. The number of nitrogens with one attached hydrogen (secondary N) is 1. The summed E-state index contributed by atoms with van der Waals surface area (Å²) in [5.41, 5.74) is 6.74. The maximum atomic E-state index is 10.6. The summed E-state index contributed by atoms with van der Waals surface area (Å²) < 4.78 is 10.9. The van der Waals surface area contributed by atoms with Crippen molar-refractivity contribution in [2.75, 3.05) is 7.11 Å². The first-order valence-corrected chi connectivity index (χ1v) is 6.40. The van der Waals surface area contributed by atoms with Crippen LogP contribution in [-0.4, -0.2) is 17.9 Å². The van der Waals surface area contributed by atoms with Gasteiger partial charge in [-0.15, -0.1) is 0 Å². The van der Waals surface area contributed by atoms with Crippen molar-refractivity contribution in [1.29, 1.82) is 5.41 Å². The third-order valence-corrected chi connectivity index (χ3v) is 3.02. The lowest BCUT2D eigenvalue weighted by Gasteiger charge is -2.14. The van der Waals surface area contributed by atoms with Gasteiger partial charge in [0.15, 0.2) is 11.5 Å². The second-order valence-corrected chi connectivity index (χ2v) is 4.46. The van der Waals surface area contributed by atoms with Crippen molar-refractivity contribution in [3.8, 4) is 11.5 Å². The van der Waals surface area contributed by atoms with Gasteiger partial charge < -0.3 is 15.2 Å². The maximum absolute atomic E-state index is 10.6. The average molecular weight is 301 g/mol. The van der Waals surface area contributed by atoms with E-state index in [4.69, 9.17) is 20.6 Å². The fourth-order valence-corrected chi connectivity index (χ4v) is 1.91. The molecule has 0 bridgehead atoms. The number of nitrogens with two attached hydrogens (primary N) is 1. The third-order valence-electron chi connectivity index (χ3n) is 3.02. The van der Waals surface area contributed by atoms with Crippen molar-refractivity contribution in [1.82, 2.24) is 0 Å². The summed E-state index contributed by atoms with van der Waals surface area (Å²) in [7, 11) is 1.50. The second kappa shape index (κ2) is 6.57. The Kier molecular flexibility index (Phi) is 4.57. The van der Waals surface area contributed by atoms with Gasteiger partial charge in [0.25, 0.3) is 5.69 Å². The van der Waals surface area contributed by atoms with Gasteiger partial charge in [0.1, 0.15) is 12.4 Å². The number of nitro groups is 1. The number of benzene rings is 2. The van der Waals surface area contributed by atoms with Gasteiger partial charge in [-0.2, -0.15) is 0 Å². The van der Waals surface area contributed by atoms with Crippen LogP contribution in [-0.2, 0) is 6.61 Å². The number of nitrogens with zero attached hydrogens (tertiary/aromatic N) is 1. The molecular formula is C15H15N3O4. The first kappa shape index (κ1) is 15.3. The van der Waals surface area contributed by atoms with Crippen LogP contribution in [0.3, 0.4) is 0 Å². The molecule has 0 saturated carbocycles. The Labute approximate surface area is 126 Å². The Hall–Kier alpha value is -3.09. The zero-order chi connectivity index (χ0) is 16.1. The van der Waals surface area contributed by atoms with E-state index in [9.17, 15) is 10.1 Å². The first-order valence-electron chi connectivity index (χ1n) is 6.40. The molecule has 0 saturated heterocycles. The van der Waals surface area contributed by atoms with Crippen LogP contribution >= 0.6 is 0 Å². The summed E-state index contributed by atoms with van der Waals surface area (Å²) in [4.78, 5) is 10.2. The predicted octanol–water partition coefficient (Wildman–Crippen LogP) is 2.47. The number of nitro benzene ring substituents is 1. The smallest absolute Gasteiger partial charge is 0.269 e. The molecule has 0 fully saturated rings. The summed E-state index contributed by atoms with van der Waals surface area (Å²) in [6, 6.07) is 11.1. The minimum absolute atomic E-state index is 0.0190. The van der Waals surface area contributed by atoms with E-state index in [1.54, 1.807) is 30.3 Å². The van der Waals surface area contributed by atoms with Crippen LogP contribution in [0.4, 0.5) is 5.69 Å². The molecule has 22 heavy (non-hydrogen) atoms. The highest BCUT2D eigenvalue weighted by Gasteiger charge is 2.13. The standard InChI is InChI=1S/C15H15N3O4/c1-21-13-4-2-3-12(15(16)17)14(13)22-9-10-5-7-11(8-6-10)18(19)20/h2-8H,9H2,1H3,(H3,16,17). The maximum Gasteiger partial charge on any atom is 0.269 e. The van der Waals surface area contributed by atoms with Gasteiger partial charge >= 0.3 is 0 Å². The average Bonchev–Trinajstić information content (AvgIpc) is 2.52. The first-order chi connectivity index (χ1) is 10.5. The van der Waals surface area contributed by atoms with E-state index >= 15 is 0 Å². The van der Waals surface area contributed by atoms with Gasteiger partial charge in [-0.05, 0) is 29.8 Å². The van der Waals surface area contributed by atoms with Gasteiger partial charge in [-0.1, -0.05) is 6.07 Å². The molecule has 7 nitrogen and oxygen atoms in total. The van der Waals surface area contributed by atoms with Crippen LogP contribution in [0.25, 0.3) is 0 Å². The minimum atomic E-state index is -0.460. The van der Waals surface area contributed by atoms with Crippen molar-refractivity contribution in [3.63, 3.8) is 0 Å². The Bertz CT molecular complexity index is 698. The third kappa shape index (κ3) is 3.32. The molecule has 0 radical (unpaired) electrons. The zero-order valence-electron chi connectivity index (χ0n) is 11.9. The topological polar surface area (TPSA) is 111 Å². The summed E-state index contributed by atoms with van der Waals surface area (Å²) in [6.07, 6.45) is 0. The lowest BCUT2D eigenvalue weighted by molar-refractivity contribution is -0.384. The number of hydrogen-bond donors (Lipinski definition) is 2. The van der Waals surface area contributed by atoms with Crippen molar-refractivity contribution in [2.45, 2.75) is 6.61 Å². The van der Waals surface area contributed by atoms with E-state index in [-0.39, 0.29) is 18.1 Å². The second-order valence-electron chi connectivity index (χ2n) is 4.46. The van der Waals surface area contributed by atoms with Gasteiger partial charge in [0, 0.05) is 12.1 Å². The molecule has 0 aromatic heterocycles. The van der Waals surface area contributed by atoms with Crippen LogP contribution in [0.2, 0.25) is 0 Å². The fourth-order valence-electron chi connectivity index (χ4n) is 1.91. The Morgan fingerprint density at radius 1 is 1.27 bits per heavy atom. The van der Waals surface area contributed by atoms with E-state index < -0.39 is 4.92 Å². The summed E-state index contributed by atoms with van der Waals surface area (Å²) in [5.74, 6) is 0.711. The van der Waals surface area contributed by atoms with E-state index in [0.717, 1.165) is 5.56 Å². The van der Waals surface area contributed by atoms with Crippen molar-refractivity contribution >= 4 is 11.5 Å². The molecule has 0 aliphatic rings. The molecule has 0 spiro atoms. The van der Waals surface area contributed by atoms with E-state index in [0.29, 0.717) is 17.1 Å². The molecule has 0 unspecified atom stereocenters. The molecule has 0 amide bonds. The highest BCUT2D eigenvalue weighted by molar-refractivity contribution is 5.98. The molecule has 2 aromatic rings. The highest BCUT2D eigenvalue weighted by atomic mass is 16.6. The number of nitrogen functional groups attached to an aromatic ring is 1. The molecular weight excluding hydrogens is 286 g/mol. The summed E-state index contributed by atoms with van der Waals surface area (Å²) in [5, 5.41) is 18.2. The summed E-state index contributed by atoms with van der Waals surface area (Å²) in [6.45, 7) is 0.179. The highest BCUT2D eigenvalue weighted by Crippen LogP contribution is 2.31. The van der Waals surface area contributed by atoms with E-state index in [1.165, 1.54) is 19.2 Å². The molecule has 0 aliphatic heterocycles. The molecule has 114 valence electrons. The van der Waals surface area contributed by atoms with E-state index in [1.807, 2.05) is 0 Å². The predicted molar refractivity (Wildman–Crippen MR) is 81.4 cm³/mol. The molecule has 0 heterocycles. The molecule has 3 N–H and O–H groups in total. The lowest BCUT2D eigenvalue weighted by atomic mass is 10.1. The molecule has 0 aliphatic carbocycles. The van der Waals surface area contributed by atoms with Gasteiger partial charge in [0.2, 0.25) is 0 Å². The van der Waals surface area contributed by atoms with E-state index in [2.05, 4.69) is 0 Å². The Morgan fingerprint density at radius 3 is 2.50 bits per heavy atom. The van der Waals surface area contributed by atoms with Crippen LogP contribution in [0.15, 0.2) is 42.5 Å². The van der Waals surface area contributed by atoms with Gasteiger partial charge in [-0.25, -0.2) is 0 Å². The molecule has 7 heteroatoms. The monoisotopic (exact) mass is 301 g/mol. The molecule has 2 aromatic carbocycles. The van der Waals surface area contributed by atoms with Crippen molar-refractivity contribution < 1.29 is 14.4 Å². The van der Waals surface area contributed by atoms with Crippen LogP contribution in [0.5, 0.6) is 11.5 Å². The lowest BCUT2D eigenvalue weighted by Crippen LogP contribution is -2.13. The normalized spacial score (nSPS) is 10.0. The Balaban J connectivity index is 2.20. The zero-order valence-corrected chi connectivity index (χ0v) is 11.9. The number of rotatable bonds is 6. The summed E-state index contributed by atoms with van der Waals surface area (Å²) >= 11 is 0. The minimum Gasteiger partial charge on any atom is -0.493 e. The quantitative estimate of drug-likeness (QED) is 0.368.